The molecule has 51 heavy (non-hydrogen) atoms. The summed E-state index contributed by atoms with van der Waals surface area (Å²) in [6.45, 7) is 0. The maximum atomic E-state index is 6.33. The van der Waals surface area contributed by atoms with Gasteiger partial charge in [-0.25, -0.2) is 9.97 Å². The molecule has 0 radical (unpaired) electrons. The maximum absolute atomic E-state index is 6.33. The largest absolute Gasteiger partial charge is 0.456 e. The van der Waals surface area contributed by atoms with Gasteiger partial charge in [-0.05, 0) is 82.9 Å². The first-order chi connectivity index (χ1) is 25.3. The van der Waals surface area contributed by atoms with E-state index in [0.29, 0.717) is 0 Å². The minimum Gasteiger partial charge on any atom is -0.456 e. The van der Waals surface area contributed by atoms with Gasteiger partial charge in [0.2, 0.25) is 0 Å². The van der Waals surface area contributed by atoms with Crippen molar-refractivity contribution in [2.24, 2.45) is 0 Å². The van der Waals surface area contributed by atoms with E-state index < -0.39 is 0 Å². The van der Waals surface area contributed by atoms with Crippen LogP contribution in [0.1, 0.15) is 0 Å². The van der Waals surface area contributed by atoms with E-state index in [0.717, 1.165) is 99.9 Å². The minimum absolute atomic E-state index is 0.805. The van der Waals surface area contributed by atoms with Crippen molar-refractivity contribution >= 4 is 43.6 Å². The minimum atomic E-state index is 0.805. The Balaban J connectivity index is 1.12. The van der Waals surface area contributed by atoms with E-state index in [1.165, 1.54) is 0 Å². The fourth-order valence-corrected chi connectivity index (χ4v) is 7.15. The van der Waals surface area contributed by atoms with Gasteiger partial charge < -0.3 is 4.42 Å². The molecule has 238 valence electrons. The lowest BCUT2D eigenvalue weighted by Gasteiger charge is -2.13. The van der Waals surface area contributed by atoms with Crippen molar-refractivity contribution < 1.29 is 4.42 Å². The molecule has 0 bridgehead atoms. The van der Waals surface area contributed by atoms with Gasteiger partial charge in [0.25, 0.3) is 0 Å². The van der Waals surface area contributed by atoms with Crippen molar-refractivity contribution in [2.75, 3.05) is 0 Å². The van der Waals surface area contributed by atoms with Crippen LogP contribution in [0.5, 0.6) is 0 Å². The van der Waals surface area contributed by atoms with E-state index in [2.05, 4.69) is 113 Å². The highest BCUT2D eigenvalue weighted by molar-refractivity contribution is 6.28. The SMILES string of the molecule is c1ccc(-c2nc3cc(-c4ccc(-c5cc(-c6ccccn6)nc(-c6ccccn6)c5)cc4)ccc3c3c2ccc2oc4ccccc4c23)cc1. The average Bonchev–Trinajstić information content (AvgIpc) is 3.60. The van der Waals surface area contributed by atoms with E-state index in [1.54, 1.807) is 12.4 Å². The zero-order valence-corrected chi connectivity index (χ0v) is 27.4. The molecule has 5 heteroatoms. The van der Waals surface area contributed by atoms with Crippen LogP contribution >= 0.6 is 0 Å². The van der Waals surface area contributed by atoms with Crippen LogP contribution in [0.15, 0.2) is 175 Å². The smallest absolute Gasteiger partial charge is 0.136 e. The topological polar surface area (TPSA) is 64.7 Å². The van der Waals surface area contributed by atoms with Crippen LogP contribution in [0.3, 0.4) is 0 Å². The number of para-hydroxylation sites is 1. The van der Waals surface area contributed by atoms with Crippen LogP contribution in [0.2, 0.25) is 0 Å². The summed E-state index contributed by atoms with van der Waals surface area (Å²) in [4.78, 5) is 19.4. The number of rotatable bonds is 5. The van der Waals surface area contributed by atoms with Crippen LogP contribution in [0, 0.1) is 0 Å². The van der Waals surface area contributed by atoms with Crippen LogP contribution in [-0.2, 0) is 0 Å². The number of hydrogen-bond donors (Lipinski definition) is 0. The van der Waals surface area contributed by atoms with Crippen molar-refractivity contribution in [3.8, 4) is 56.3 Å². The zero-order chi connectivity index (χ0) is 33.7. The van der Waals surface area contributed by atoms with Crippen molar-refractivity contribution in [1.82, 2.24) is 19.9 Å². The molecule has 5 aromatic carbocycles. The van der Waals surface area contributed by atoms with Crippen molar-refractivity contribution in [1.29, 1.82) is 0 Å². The summed E-state index contributed by atoms with van der Waals surface area (Å²) in [7, 11) is 0. The lowest BCUT2D eigenvalue weighted by Crippen LogP contribution is -1.94. The number of aromatic nitrogens is 4. The molecule has 5 nitrogen and oxygen atoms in total. The third kappa shape index (κ3) is 5.03. The predicted molar refractivity (Wildman–Crippen MR) is 207 cm³/mol. The van der Waals surface area contributed by atoms with E-state index in [1.807, 2.05) is 54.6 Å². The Hall–Kier alpha value is -6.98. The number of fused-ring (bicyclic) bond motifs is 7. The molecule has 0 aliphatic heterocycles. The zero-order valence-electron chi connectivity index (χ0n) is 27.4. The van der Waals surface area contributed by atoms with Gasteiger partial charge >= 0.3 is 0 Å². The molecule has 0 aliphatic rings. The van der Waals surface area contributed by atoms with Crippen molar-refractivity contribution in [3.63, 3.8) is 0 Å². The van der Waals surface area contributed by atoms with Crippen molar-refractivity contribution in [3.05, 3.63) is 170 Å². The first-order valence-corrected chi connectivity index (χ1v) is 17.0. The van der Waals surface area contributed by atoms with E-state index >= 15 is 0 Å². The third-order valence-electron chi connectivity index (χ3n) is 9.58. The fraction of sp³-hybridized carbons (Fsp3) is 0. The summed E-state index contributed by atoms with van der Waals surface area (Å²) in [5.41, 5.74) is 12.3. The molecular formula is C46H28N4O. The summed E-state index contributed by atoms with van der Waals surface area (Å²) >= 11 is 0. The number of nitrogens with zero attached hydrogens (tertiary/aromatic N) is 4. The van der Waals surface area contributed by atoms with Gasteiger partial charge in [0.15, 0.2) is 0 Å². The van der Waals surface area contributed by atoms with Gasteiger partial charge in [-0.15, -0.1) is 0 Å². The molecule has 0 fully saturated rings. The molecule has 5 heterocycles. The first kappa shape index (κ1) is 29.0. The Kier molecular flexibility index (Phi) is 6.74. The fourth-order valence-electron chi connectivity index (χ4n) is 7.15. The molecule has 0 spiro atoms. The quantitative estimate of drug-likeness (QED) is 0.173. The van der Waals surface area contributed by atoms with E-state index in [4.69, 9.17) is 14.4 Å². The number of furan rings is 1. The summed E-state index contributed by atoms with van der Waals surface area (Å²) in [5.74, 6) is 0. The first-order valence-electron chi connectivity index (χ1n) is 17.0. The number of benzene rings is 5. The number of hydrogen-bond acceptors (Lipinski definition) is 5. The number of pyridine rings is 4. The summed E-state index contributed by atoms with van der Waals surface area (Å²) in [6.07, 6.45) is 3.59. The molecule has 0 aliphatic carbocycles. The molecule has 10 rings (SSSR count). The van der Waals surface area contributed by atoms with Gasteiger partial charge in [0.05, 0.1) is 34.0 Å². The molecular weight excluding hydrogens is 625 g/mol. The summed E-state index contributed by atoms with van der Waals surface area (Å²) in [5, 5.41) is 5.60. The van der Waals surface area contributed by atoms with Crippen LogP contribution in [-0.4, -0.2) is 19.9 Å². The molecule has 10 aromatic rings. The van der Waals surface area contributed by atoms with Crippen molar-refractivity contribution in [2.45, 2.75) is 0 Å². The monoisotopic (exact) mass is 652 g/mol. The Morgan fingerprint density at radius 3 is 1.69 bits per heavy atom. The Morgan fingerprint density at radius 2 is 0.980 bits per heavy atom. The van der Waals surface area contributed by atoms with E-state index in [-0.39, 0.29) is 0 Å². The van der Waals surface area contributed by atoms with E-state index in [9.17, 15) is 0 Å². The standard InChI is InChI=1S/C46H28N4O/c1-2-10-31(11-3-1)46-36-22-23-43-45(35-12-4-5-15-42(35)51-43)44(36)34-21-20-32(26-39(34)50-46)29-16-18-30(19-17-29)33-27-40(37-13-6-8-24-47-37)49-41(28-33)38-14-7-9-25-48-38/h1-28H. The van der Waals surface area contributed by atoms with Gasteiger partial charge in [-0.3, -0.25) is 9.97 Å². The molecule has 0 saturated carbocycles. The molecule has 0 N–H and O–H groups in total. The van der Waals surface area contributed by atoms with Crippen LogP contribution in [0.4, 0.5) is 0 Å². The molecule has 0 saturated heterocycles. The second-order valence-corrected chi connectivity index (χ2v) is 12.7. The summed E-state index contributed by atoms with van der Waals surface area (Å²) < 4.78 is 6.33. The predicted octanol–water partition coefficient (Wildman–Crippen LogP) is 11.8. The highest BCUT2D eigenvalue weighted by Gasteiger charge is 2.18. The second-order valence-electron chi connectivity index (χ2n) is 12.7. The molecule has 5 aromatic heterocycles. The van der Waals surface area contributed by atoms with Gasteiger partial charge in [0.1, 0.15) is 11.2 Å². The third-order valence-corrected chi connectivity index (χ3v) is 9.58. The Morgan fingerprint density at radius 1 is 0.353 bits per heavy atom. The van der Waals surface area contributed by atoms with Crippen LogP contribution < -0.4 is 0 Å². The second kappa shape index (κ2) is 11.9. The van der Waals surface area contributed by atoms with Gasteiger partial charge in [-0.2, -0.15) is 0 Å². The maximum Gasteiger partial charge on any atom is 0.136 e. The highest BCUT2D eigenvalue weighted by atomic mass is 16.3. The lowest BCUT2D eigenvalue weighted by molar-refractivity contribution is 0.669. The Bertz CT molecular complexity index is 2830. The molecule has 0 unspecified atom stereocenters. The lowest BCUT2D eigenvalue weighted by atomic mass is 9.94. The highest BCUT2D eigenvalue weighted by Crippen LogP contribution is 2.42. The van der Waals surface area contributed by atoms with Crippen LogP contribution in [0.25, 0.3) is 99.9 Å². The molecule has 0 amide bonds. The average molecular weight is 653 g/mol. The van der Waals surface area contributed by atoms with Gasteiger partial charge in [-0.1, -0.05) is 97.1 Å². The summed E-state index contributed by atoms with van der Waals surface area (Å²) in [6, 6.07) is 54.2. The normalized spacial score (nSPS) is 11.5. The Labute approximate surface area is 293 Å². The molecule has 0 atom stereocenters. The van der Waals surface area contributed by atoms with Gasteiger partial charge in [0, 0.05) is 44.9 Å².